The number of nitrogens with zero attached hydrogens (tertiary/aromatic N) is 4. The molecule has 2 aromatic rings. The van der Waals surface area contributed by atoms with Crippen LogP contribution in [0.25, 0.3) is 11.4 Å². The van der Waals surface area contributed by atoms with Gasteiger partial charge < -0.3 is 4.90 Å². The number of carbonyl (C=O) groups excluding carboxylic acids is 1. The third-order valence-electron chi connectivity index (χ3n) is 6.40. The Kier molecular flexibility index (Phi) is 5.44. The van der Waals surface area contributed by atoms with Crippen molar-refractivity contribution in [1.29, 1.82) is 0 Å². The molecule has 28 heavy (non-hydrogen) atoms. The number of benzene rings is 1. The molecular formula is C23H30N4O. The summed E-state index contributed by atoms with van der Waals surface area (Å²) >= 11 is 0. The van der Waals surface area contributed by atoms with E-state index in [2.05, 4.69) is 22.0 Å². The molecule has 1 aliphatic carbocycles. The summed E-state index contributed by atoms with van der Waals surface area (Å²) in [6.45, 7) is 8.12. The van der Waals surface area contributed by atoms with Gasteiger partial charge in [-0.15, -0.1) is 0 Å². The normalized spacial score (nSPS) is 21.6. The van der Waals surface area contributed by atoms with Crippen LogP contribution in [0.1, 0.15) is 44.4 Å². The van der Waals surface area contributed by atoms with E-state index in [1.807, 2.05) is 43.1 Å². The van der Waals surface area contributed by atoms with Crippen LogP contribution < -0.4 is 0 Å². The highest BCUT2D eigenvalue weighted by atomic mass is 16.2. The van der Waals surface area contributed by atoms with Crippen LogP contribution in [-0.4, -0.2) is 58.4 Å². The summed E-state index contributed by atoms with van der Waals surface area (Å²) < 4.78 is 0. The minimum atomic E-state index is 0.0730. The number of amides is 1. The maximum Gasteiger partial charge on any atom is 0.236 e. The van der Waals surface area contributed by atoms with Gasteiger partial charge in [0.1, 0.15) is 0 Å². The van der Waals surface area contributed by atoms with Gasteiger partial charge in [0, 0.05) is 36.8 Å². The van der Waals surface area contributed by atoms with Gasteiger partial charge >= 0.3 is 0 Å². The Balaban J connectivity index is 1.57. The Morgan fingerprint density at radius 3 is 2.71 bits per heavy atom. The molecule has 148 valence electrons. The molecule has 1 aromatic heterocycles. The highest BCUT2D eigenvalue weighted by molar-refractivity contribution is 5.78. The Bertz CT molecular complexity index is 830. The van der Waals surface area contributed by atoms with Crippen molar-refractivity contribution in [2.24, 2.45) is 0 Å². The number of carbonyl (C=O) groups is 1. The van der Waals surface area contributed by atoms with Crippen molar-refractivity contribution in [3.8, 4) is 11.4 Å². The number of fused-ring (bicyclic) bond motifs is 2. The van der Waals surface area contributed by atoms with Crippen molar-refractivity contribution in [3.63, 3.8) is 0 Å². The summed E-state index contributed by atoms with van der Waals surface area (Å²) in [4.78, 5) is 26.6. The van der Waals surface area contributed by atoms with E-state index in [1.165, 1.54) is 11.3 Å². The highest BCUT2D eigenvalue weighted by Gasteiger charge is 2.44. The molecule has 0 N–H and O–H groups in total. The number of piperidine rings is 1. The molecule has 0 bridgehead atoms. The van der Waals surface area contributed by atoms with Crippen LogP contribution in [-0.2, 0) is 16.6 Å². The molecule has 1 aromatic carbocycles. The molecule has 4 rings (SSSR count). The van der Waals surface area contributed by atoms with E-state index in [1.54, 1.807) is 0 Å². The summed E-state index contributed by atoms with van der Waals surface area (Å²) in [6, 6.07) is 10.2. The van der Waals surface area contributed by atoms with Gasteiger partial charge in [-0.1, -0.05) is 30.3 Å². The SMILES string of the molecule is CCN(CC)C(=O)CN1CCCC2(CCc3cnc(-c4ccccc4)nc32)C1. The summed E-state index contributed by atoms with van der Waals surface area (Å²) in [5.41, 5.74) is 3.65. The van der Waals surface area contributed by atoms with Crippen LogP contribution in [0.4, 0.5) is 0 Å². The van der Waals surface area contributed by atoms with Gasteiger partial charge in [-0.05, 0) is 51.6 Å². The lowest BCUT2D eigenvalue weighted by atomic mass is 9.77. The van der Waals surface area contributed by atoms with E-state index < -0.39 is 0 Å². The molecule has 2 heterocycles. The van der Waals surface area contributed by atoms with Gasteiger partial charge in [0.05, 0.1) is 12.2 Å². The lowest BCUT2D eigenvalue weighted by Crippen LogP contribution is -2.49. The summed E-state index contributed by atoms with van der Waals surface area (Å²) in [5.74, 6) is 1.06. The van der Waals surface area contributed by atoms with Crippen molar-refractivity contribution < 1.29 is 4.79 Å². The van der Waals surface area contributed by atoms with Crippen molar-refractivity contribution in [2.45, 2.75) is 44.9 Å². The molecule has 1 atom stereocenters. The zero-order valence-electron chi connectivity index (χ0n) is 17.0. The molecule has 0 saturated carbocycles. The Morgan fingerprint density at radius 2 is 1.96 bits per heavy atom. The van der Waals surface area contributed by atoms with E-state index in [0.29, 0.717) is 6.54 Å². The number of aryl methyl sites for hydroxylation is 1. The predicted molar refractivity (Wildman–Crippen MR) is 111 cm³/mol. The smallest absolute Gasteiger partial charge is 0.236 e. The molecule has 1 spiro atoms. The summed E-state index contributed by atoms with van der Waals surface area (Å²) in [6.07, 6.45) is 6.46. The van der Waals surface area contributed by atoms with E-state index in [0.717, 1.165) is 63.3 Å². The molecule has 0 radical (unpaired) electrons. The molecular weight excluding hydrogens is 348 g/mol. The number of rotatable bonds is 5. The molecule has 1 unspecified atom stereocenters. The molecule has 1 amide bonds. The van der Waals surface area contributed by atoms with Crippen molar-refractivity contribution in [1.82, 2.24) is 19.8 Å². The molecule has 5 nitrogen and oxygen atoms in total. The summed E-state index contributed by atoms with van der Waals surface area (Å²) in [5, 5.41) is 0. The quantitative estimate of drug-likeness (QED) is 0.801. The standard InChI is InChI=1S/C23H30N4O/c1-3-27(4-2)20(28)16-26-14-8-12-23(17-26)13-11-19-15-24-22(25-21(19)23)18-9-6-5-7-10-18/h5-7,9-10,15H,3-4,8,11-14,16-17H2,1-2H3. The number of hydrogen-bond donors (Lipinski definition) is 0. The van der Waals surface area contributed by atoms with Crippen LogP contribution in [0.3, 0.4) is 0 Å². The second-order valence-corrected chi connectivity index (χ2v) is 8.09. The van der Waals surface area contributed by atoms with E-state index >= 15 is 0 Å². The fraction of sp³-hybridized carbons (Fsp3) is 0.522. The fourth-order valence-corrected chi connectivity index (χ4v) is 4.89. The van der Waals surface area contributed by atoms with E-state index in [4.69, 9.17) is 4.98 Å². The number of aromatic nitrogens is 2. The Labute approximate surface area is 167 Å². The predicted octanol–water partition coefficient (Wildman–Crippen LogP) is 3.29. The second-order valence-electron chi connectivity index (χ2n) is 8.09. The van der Waals surface area contributed by atoms with Gasteiger partial charge in [-0.3, -0.25) is 9.69 Å². The number of likely N-dealkylation sites (tertiary alicyclic amines) is 1. The maximum atomic E-state index is 12.6. The molecule has 5 heteroatoms. The number of hydrogen-bond acceptors (Lipinski definition) is 4. The van der Waals surface area contributed by atoms with Crippen LogP contribution in [0, 0.1) is 0 Å². The molecule has 1 aliphatic heterocycles. The van der Waals surface area contributed by atoms with Crippen molar-refractivity contribution >= 4 is 5.91 Å². The average Bonchev–Trinajstić information content (AvgIpc) is 3.07. The fourth-order valence-electron chi connectivity index (χ4n) is 4.89. The van der Waals surface area contributed by atoms with Gasteiger partial charge in [-0.25, -0.2) is 9.97 Å². The second kappa shape index (κ2) is 8.00. The molecule has 1 fully saturated rings. The largest absolute Gasteiger partial charge is 0.342 e. The Morgan fingerprint density at radius 1 is 1.18 bits per heavy atom. The Hall–Kier alpha value is -2.27. The molecule has 2 aliphatic rings. The molecule has 1 saturated heterocycles. The maximum absolute atomic E-state index is 12.6. The first-order chi connectivity index (χ1) is 13.6. The first-order valence-corrected chi connectivity index (χ1v) is 10.6. The van der Waals surface area contributed by atoms with Crippen LogP contribution in [0.5, 0.6) is 0 Å². The minimum Gasteiger partial charge on any atom is -0.342 e. The zero-order valence-corrected chi connectivity index (χ0v) is 17.0. The van der Waals surface area contributed by atoms with Crippen molar-refractivity contribution in [2.75, 3.05) is 32.7 Å². The first-order valence-electron chi connectivity index (χ1n) is 10.6. The van der Waals surface area contributed by atoms with E-state index in [9.17, 15) is 4.79 Å². The third-order valence-corrected chi connectivity index (χ3v) is 6.40. The monoisotopic (exact) mass is 378 g/mol. The van der Waals surface area contributed by atoms with E-state index in [-0.39, 0.29) is 11.3 Å². The van der Waals surface area contributed by atoms with Gasteiger partial charge in [0.15, 0.2) is 5.82 Å². The number of likely N-dealkylation sites (N-methyl/N-ethyl adjacent to an activating group) is 1. The van der Waals surface area contributed by atoms with Crippen LogP contribution >= 0.6 is 0 Å². The third kappa shape index (κ3) is 3.55. The lowest BCUT2D eigenvalue weighted by molar-refractivity contribution is -0.132. The van der Waals surface area contributed by atoms with Crippen LogP contribution in [0.15, 0.2) is 36.5 Å². The zero-order chi connectivity index (χ0) is 19.6. The minimum absolute atomic E-state index is 0.0730. The van der Waals surface area contributed by atoms with Crippen molar-refractivity contribution in [3.05, 3.63) is 47.8 Å². The highest BCUT2D eigenvalue weighted by Crippen LogP contribution is 2.44. The topological polar surface area (TPSA) is 49.3 Å². The van der Waals surface area contributed by atoms with Gasteiger partial charge in [0.2, 0.25) is 5.91 Å². The average molecular weight is 379 g/mol. The lowest BCUT2D eigenvalue weighted by Gasteiger charge is -2.40. The van der Waals surface area contributed by atoms with Gasteiger partial charge in [0.25, 0.3) is 0 Å². The van der Waals surface area contributed by atoms with Crippen LogP contribution in [0.2, 0.25) is 0 Å². The first kappa shape index (κ1) is 19.1. The van der Waals surface area contributed by atoms with Gasteiger partial charge in [-0.2, -0.15) is 0 Å². The summed E-state index contributed by atoms with van der Waals surface area (Å²) in [7, 11) is 0.